The van der Waals surface area contributed by atoms with Gasteiger partial charge in [-0.1, -0.05) is 70.2 Å². The Bertz CT molecular complexity index is 897. The Morgan fingerprint density at radius 1 is 1.15 bits per heavy atom. The fraction of sp³-hybridized carbons (Fsp3) is 0.250. The maximum Gasteiger partial charge on any atom is 0.318 e. The van der Waals surface area contributed by atoms with E-state index in [0.717, 1.165) is 28.8 Å². The van der Waals surface area contributed by atoms with E-state index in [1.165, 1.54) is 24.4 Å². The molecule has 0 amide bonds. The maximum atomic E-state index is 11.8. The van der Waals surface area contributed by atoms with E-state index >= 15 is 0 Å². The molecule has 3 aromatic rings. The Morgan fingerprint density at radius 2 is 1.85 bits per heavy atom. The van der Waals surface area contributed by atoms with Crippen molar-refractivity contribution in [3.63, 3.8) is 0 Å². The van der Waals surface area contributed by atoms with Gasteiger partial charge in [-0.3, -0.25) is 4.79 Å². The van der Waals surface area contributed by atoms with E-state index in [9.17, 15) is 4.79 Å². The first-order valence-corrected chi connectivity index (χ1v) is 10.2. The molecule has 2 aromatic carbocycles. The largest absolute Gasteiger partial charge is 0.468 e. The van der Waals surface area contributed by atoms with Crippen LogP contribution in [0.5, 0.6) is 0 Å². The molecule has 0 saturated carbocycles. The minimum absolute atomic E-state index is 0.275. The molecule has 1 unspecified atom stereocenters. The van der Waals surface area contributed by atoms with Crippen molar-refractivity contribution in [2.75, 3.05) is 7.11 Å². The molecule has 1 heterocycles. The number of ether oxygens (including phenoxy) is 1. The Kier molecular flexibility index (Phi) is 6.68. The molecule has 1 atom stereocenters. The predicted octanol–water partition coefficient (Wildman–Crippen LogP) is 4.60. The van der Waals surface area contributed by atoms with Crippen molar-refractivity contribution < 1.29 is 9.53 Å². The number of thioether (sulfide) groups is 1. The SMILES string of the molecule is COC(=O)C(C)Sc1nnc(-c2ccc(Br)cc2)n1CCc1ccccc1. The summed E-state index contributed by atoms with van der Waals surface area (Å²) in [5.41, 5.74) is 2.22. The molecule has 0 fully saturated rings. The van der Waals surface area contributed by atoms with Crippen LogP contribution in [0.3, 0.4) is 0 Å². The van der Waals surface area contributed by atoms with Crippen LogP contribution < -0.4 is 0 Å². The van der Waals surface area contributed by atoms with E-state index in [-0.39, 0.29) is 11.2 Å². The van der Waals surface area contributed by atoms with E-state index in [1.54, 1.807) is 0 Å². The number of nitrogens with zero attached hydrogens (tertiary/aromatic N) is 3. The van der Waals surface area contributed by atoms with Crippen LogP contribution in [0.4, 0.5) is 0 Å². The monoisotopic (exact) mass is 445 g/mol. The molecule has 3 rings (SSSR count). The van der Waals surface area contributed by atoms with Crippen LogP contribution in [0.15, 0.2) is 64.2 Å². The molecular weight excluding hydrogens is 426 g/mol. The molecular formula is C20H20BrN3O2S. The van der Waals surface area contributed by atoms with E-state index in [0.29, 0.717) is 5.16 Å². The predicted molar refractivity (Wildman–Crippen MR) is 111 cm³/mol. The smallest absolute Gasteiger partial charge is 0.318 e. The summed E-state index contributed by atoms with van der Waals surface area (Å²) in [6.07, 6.45) is 0.850. The van der Waals surface area contributed by atoms with Crippen molar-refractivity contribution in [1.82, 2.24) is 14.8 Å². The van der Waals surface area contributed by atoms with Crippen molar-refractivity contribution in [2.24, 2.45) is 0 Å². The molecule has 0 N–H and O–H groups in total. The van der Waals surface area contributed by atoms with Crippen LogP contribution in [0, 0.1) is 0 Å². The number of carbonyl (C=O) groups is 1. The van der Waals surface area contributed by atoms with Gasteiger partial charge in [0.05, 0.1) is 7.11 Å². The van der Waals surface area contributed by atoms with Crippen molar-refractivity contribution >= 4 is 33.7 Å². The average Bonchev–Trinajstić information content (AvgIpc) is 3.09. The van der Waals surface area contributed by atoms with Gasteiger partial charge in [-0.15, -0.1) is 10.2 Å². The van der Waals surface area contributed by atoms with Gasteiger partial charge in [-0.05, 0) is 31.0 Å². The quantitative estimate of drug-likeness (QED) is 0.392. The van der Waals surface area contributed by atoms with E-state index in [4.69, 9.17) is 4.74 Å². The first kappa shape index (κ1) is 19.6. The molecule has 27 heavy (non-hydrogen) atoms. The van der Waals surface area contributed by atoms with E-state index in [1.807, 2.05) is 49.4 Å². The Labute approximate surface area is 171 Å². The van der Waals surface area contributed by atoms with Gasteiger partial charge in [-0.25, -0.2) is 0 Å². The summed E-state index contributed by atoms with van der Waals surface area (Å²) in [5, 5.41) is 9.09. The second kappa shape index (κ2) is 9.19. The van der Waals surface area contributed by atoms with Crippen molar-refractivity contribution in [3.05, 3.63) is 64.6 Å². The van der Waals surface area contributed by atoms with Crippen molar-refractivity contribution in [2.45, 2.75) is 30.3 Å². The maximum absolute atomic E-state index is 11.8. The summed E-state index contributed by atoms with van der Waals surface area (Å²) in [7, 11) is 1.40. The zero-order valence-corrected chi connectivity index (χ0v) is 17.5. The molecule has 5 nitrogen and oxygen atoms in total. The first-order valence-electron chi connectivity index (χ1n) is 8.56. The molecule has 0 spiro atoms. The van der Waals surface area contributed by atoms with Gasteiger partial charge >= 0.3 is 5.97 Å². The van der Waals surface area contributed by atoms with Gasteiger partial charge in [0.1, 0.15) is 5.25 Å². The summed E-state index contributed by atoms with van der Waals surface area (Å²) >= 11 is 4.82. The Balaban J connectivity index is 1.90. The highest BCUT2D eigenvalue weighted by Gasteiger charge is 2.21. The van der Waals surface area contributed by atoms with Crippen LogP contribution in [0.1, 0.15) is 12.5 Å². The fourth-order valence-corrected chi connectivity index (χ4v) is 3.81. The minimum atomic E-state index is -0.354. The third-order valence-electron chi connectivity index (χ3n) is 4.10. The number of esters is 1. The number of methoxy groups -OCH3 is 1. The summed E-state index contributed by atoms with van der Waals surface area (Å²) in [6, 6.07) is 18.3. The molecule has 0 saturated heterocycles. The number of aryl methyl sites for hydroxylation is 1. The van der Waals surface area contributed by atoms with Crippen molar-refractivity contribution in [1.29, 1.82) is 0 Å². The third-order valence-corrected chi connectivity index (χ3v) is 5.69. The number of halogens is 1. The molecule has 0 bridgehead atoms. The lowest BCUT2D eigenvalue weighted by atomic mass is 10.1. The number of benzene rings is 2. The fourth-order valence-electron chi connectivity index (χ4n) is 2.65. The van der Waals surface area contributed by atoms with Gasteiger partial charge in [-0.2, -0.15) is 0 Å². The van der Waals surface area contributed by atoms with Gasteiger partial charge in [0.25, 0.3) is 0 Å². The first-order chi connectivity index (χ1) is 13.1. The second-order valence-electron chi connectivity index (χ2n) is 5.98. The summed E-state index contributed by atoms with van der Waals surface area (Å²) < 4.78 is 7.92. The lowest BCUT2D eigenvalue weighted by Gasteiger charge is -2.12. The molecule has 0 aliphatic rings. The van der Waals surface area contributed by atoms with Crippen LogP contribution in [0.25, 0.3) is 11.4 Å². The zero-order chi connectivity index (χ0) is 19.2. The minimum Gasteiger partial charge on any atom is -0.468 e. The average molecular weight is 446 g/mol. The summed E-state index contributed by atoms with van der Waals surface area (Å²) in [4.78, 5) is 11.8. The van der Waals surface area contributed by atoms with Gasteiger partial charge in [0.2, 0.25) is 0 Å². The summed E-state index contributed by atoms with van der Waals surface area (Å²) in [5.74, 6) is 0.515. The topological polar surface area (TPSA) is 57.0 Å². The third kappa shape index (κ3) is 4.99. The number of hydrogen-bond donors (Lipinski definition) is 0. The van der Waals surface area contributed by atoms with Crippen molar-refractivity contribution in [3.8, 4) is 11.4 Å². The van der Waals surface area contributed by atoms with Crippen LogP contribution >= 0.6 is 27.7 Å². The number of rotatable bonds is 7. The normalized spacial score (nSPS) is 12.0. The van der Waals surface area contributed by atoms with E-state index in [2.05, 4.69) is 42.8 Å². The van der Waals surface area contributed by atoms with Gasteiger partial charge < -0.3 is 9.30 Å². The molecule has 0 aliphatic carbocycles. The number of hydrogen-bond acceptors (Lipinski definition) is 5. The Morgan fingerprint density at radius 3 is 2.52 bits per heavy atom. The highest BCUT2D eigenvalue weighted by molar-refractivity contribution is 9.10. The highest BCUT2D eigenvalue weighted by atomic mass is 79.9. The molecule has 1 aromatic heterocycles. The highest BCUT2D eigenvalue weighted by Crippen LogP contribution is 2.28. The van der Waals surface area contributed by atoms with E-state index < -0.39 is 0 Å². The van der Waals surface area contributed by atoms with Gasteiger partial charge in [0.15, 0.2) is 11.0 Å². The van der Waals surface area contributed by atoms with Crippen LogP contribution in [0.2, 0.25) is 0 Å². The summed E-state index contributed by atoms with van der Waals surface area (Å²) in [6.45, 7) is 2.53. The zero-order valence-electron chi connectivity index (χ0n) is 15.1. The molecule has 140 valence electrons. The van der Waals surface area contributed by atoms with Crippen LogP contribution in [-0.2, 0) is 22.5 Å². The van der Waals surface area contributed by atoms with Gasteiger partial charge in [0, 0.05) is 16.6 Å². The number of aromatic nitrogens is 3. The molecule has 0 aliphatic heterocycles. The lowest BCUT2D eigenvalue weighted by Crippen LogP contribution is -2.16. The van der Waals surface area contributed by atoms with Crippen LogP contribution in [-0.4, -0.2) is 33.1 Å². The lowest BCUT2D eigenvalue weighted by molar-refractivity contribution is -0.139. The standard InChI is InChI=1S/C20H20BrN3O2S/c1-14(19(25)26-2)27-20-23-22-18(16-8-10-17(21)11-9-16)24(20)13-12-15-6-4-3-5-7-15/h3-11,14H,12-13H2,1-2H3. The Hall–Kier alpha value is -2.12. The molecule has 0 radical (unpaired) electrons. The molecule has 7 heteroatoms. The second-order valence-corrected chi connectivity index (χ2v) is 8.21. The number of carbonyl (C=O) groups excluding carboxylic acids is 1.